The molecule has 0 saturated heterocycles. The van der Waals surface area contributed by atoms with Gasteiger partial charge in [-0.2, -0.15) is 4.98 Å². The fourth-order valence-corrected chi connectivity index (χ4v) is 3.49. The Hall–Kier alpha value is -2.88. The maximum absolute atomic E-state index is 4.88. The number of anilines is 4. The molecule has 0 aliphatic carbocycles. The SMILES string of the molecule is Cc1cc(N2c3ccccc3CC2C)nc(N(C)c2ccccc2)n1. The molecule has 2 aromatic carbocycles. The van der Waals surface area contributed by atoms with E-state index in [4.69, 9.17) is 4.98 Å². The number of hydrogen-bond acceptors (Lipinski definition) is 4. The first-order valence-electron chi connectivity index (χ1n) is 8.65. The van der Waals surface area contributed by atoms with Crippen molar-refractivity contribution in [2.75, 3.05) is 16.8 Å². The van der Waals surface area contributed by atoms with Crippen LogP contribution in [0.15, 0.2) is 60.7 Å². The zero-order valence-corrected chi connectivity index (χ0v) is 14.8. The fourth-order valence-electron chi connectivity index (χ4n) is 3.49. The van der Waals surface area contributed by atoms with Crippen LogP contribution in [0.3, 0.4) is 0 Å². The second kappa shape index (κ2) is 6.20. The number of nitrogens with zero attached hydrogens (tertiary/aromatic N) is 4. The second-order valence-corrected chi connectivity index (χ2v) is 6.61. The molecule has 0 amide bonds. The Bertz CT molecular complexity index is 891. The number of fused-ring (bicyclic) bond motifs is 1. The molecule has 0 N–H and O–H groups in total. The van der Waals surface area contributed by atoms with E-state index in [-0.39, 0.29) is 0 Å². The van der Waals surface area contributed by atoms with E-state index in [1.165, 1.54) is 11.3 Å². The highest BCUT2D eigenvalue weighted by Gasteiger charge is 2.28. The third-order valence-corrected chi connectivity index (χ3v) is 4.73. The van der Waals surface area contributed by atoms with Crippen LogP contribution in [0.25, 0.3) is 0 Å². The molecule has 0 bridgehead atoms. The molecular weight excluding hydrogens is 308 g/mol. The minimum atomic E-state index is 0.390. The third-order valence-electron chi connectivity index (χ3n) is 4.73. The Morgan fingerprint density at radius 2 is 1.72 bits per heavy atom. The van der Waals surface area contributed by atoms with Crippen molar-refractivity contribution >= 4 is 23.1 Å². The molecular formula is C21H22N4. The molecule has 1 aromatic heterocycles. The Morgan fingerprint density at radius 1 is 1.00 bits per heavy atom. The van der Waals surface area contributed by atoms with Gasteiger partial charge in [-0.25, -0.2) is 4.98 Å². The maximum atomic E-state index is 4.88. The lowest BCUT2D eigenvalue weighted by Gasteiger charge is -2.26. The highest BCUT2D eigenvalue weighted by molar-refractivity contribution is 5.70. The monoisotopic (exact) mass is 330 g/mol. The van der Waals surface area contributed by atoms with Crippen molar-refractivity contribution in [3.8, 4) is 0 Å². The smallest absolute Gasteiger partial charge is 0.231 e. The molecule has 2 heterocycles. The first kappa shape index (κ1) is 15.6. The lowest BCUT2D eigenvalue weighted by molar-refractivity contribution is 0.748. The maximum Gasteiger partial charge on any atom is 0.231 e. The van der Waals surface area contributed by atoms with Crippen LogP contribution < -0.4 is 9.80 Å². The molecule has 4 nitrogen and oxygen atoms in total. The van der Waals surface area contributed by atoms with Crippen molar-refractivity contribution in [1.29, 1.82) is 0 Å². The van der Waals surface area contributed by atoms with Gasteiger partial charge in [0, 0.05) is 36.2 Å². The molecule has 0 saturated carbocycles. The summed E-state index contributed by atoms with van der Waals surface area (Å²) in [4.78, 5) is 13.9. The van der Waals surface area contributed by atoms with Crippen LogP contribution in [-0.4, -0.2) is 23.1 Å². The van der Waals surface area contributed by atoms with Crippen LogP contribution in [0.2, 0.25) is 0 Å². The van der Waals surface area contributed by atoms with Gasteiger partial charge in [-0.1, -0.05) is 36.4 Å². The Balaban J connectivity index is 1.76. The molecule has 0 spiro atoms. The van der Waals surface area contributed by atoms with Gasteiger partial charge in [0.25, 0.3) is 0 Å². The molecule has 4 rings (SSSR count). The summed E-state index contributed by atoms with van der Waals surface area (Å²) in [6, 6.07) is 21.3. The van der Waals surface area contributed by atoms with E-state index < -0.39 is 0 Å². The van der Waals surface area contributed by atoms with Crippen molar-refractivity contribution in [2.24, 2.45) is 0 Å². The number of aromatic nitrogens is 2. The highest BCUT2D eigenvalue weighted by atomic mass is 15.3. The summed E-state index contributed by atoms with van der Waals surface area (Å²) in [5.74, 6) is 1.68. The largest absolute Gasteiger partial charge is 0.323 e. The van der Waals surface area contributed by atoms with Gasteiger partial charge >= 0.3 is 0 Å². The lowest BCUT2D eigenvalue weighted by Crippen LogP contribution is -2.26. The predicted octanol–water partition coefficient (Wildman–Crippen LogP) is 4.64. The number of hydrogen-bond donors (Lipinski definition) is 0. The second-order valence-electron chi connectivity index (χ2n) is 6.61. The molecule has 4 heteroatoms. The van der Waals surface area contributed by atoms with Crippen LogP contribution in [0.5, 0.6) is 0 Å². The van der Waals surface area contributed by atoms with E-state index in [2.05, 4.69) is 59.3 Å². The van der Waals surface area contributed by atoms with E-state index in [1.807, 2.05) is 37.1 Å². The standard InChI is InChI=1S/C21H22N4/c1-15-13-20(25-16(2)14-17-9-7-8-12-19(17)25)23-21(22-15)24(3)18-10-5-4-6-11-18/h4-13,16H,14H2,1-3H3. The van der Waals surface area contributed by atoms with Gasteiger partial charge in [0.1, 0.15) is 5.82 Å². The number of para-hydroxylation sites is 2. The quantitative estimate of drug-likeness (QED) is 0.700. The zero-order valence-electron chi connectivity index (χ0n) is 14.8. The van der Waals surface area contributed by atoms with Gasteiger partial charge in [-0.3, -0.25) is 0 Å². The average Bonchev–Trinajstić information content (AvgIpc) is 2.97. The molecule has 126 valence electrons. The molecule has 25 heavy (non-hydrogen) atoms. The Kier molecular flexibility index (Phi) is 3.88. The van der Waals surface area contributed by atoms with Gasteiger partial charge in [-0.05, 0) is 44.0 Å². The van der Waals surface area contributed by atoms with Crippen molar-refractivity contribution < 1.29 is 0 Å². The van der Waals surface area contributed by atoms with Gasteiger partial charge in [-0.15, -0.1) is 0 Å². The van der Waals surface area contributed by atoms with Crippen molar-refractivity contribution in [3.05, 3.63) is 71.9 Å². The number of benzene rings is 2. The summed E-state index contributed by atoms with van der Waals surface area (Å²) in [7, 11) is 2.01. The Labute approximate surface area is 148 Å². The van der Waals surface area contributed by atoms with Crippen molar-refractivity contribution in [3.63, 3.8) is 0 Å². The van der Waals surface area contributed by atoms with Gasteiger partial charge < -0.3 is 9.80 Å². The predicted molar refractivity (Wildman–Crippen MR) is 103 cm³/mol. The molecule has 0 fully saturated rings. The molecule has 1 aliphatic heterocycles. The van der Waals surface area contributed by atoms with E-state index in [9.17, 15) is 0 Å². The minimum Gasteiger partial charge on any atom is -0.323 e. The van der Waals surface area contributed by atoms with E-state index in [0.29, 0.717) is 6.04 Å². The van der Waals surface area contributed by atoms with Crippen molar-refractivity contribution in [2.45, 2.75) is 26.3 Å². The van der Waals surface area contributed by atoms with E-state index in [1.54, 1.807) is 0 Å². The summed E-state index contributed by atoms with van der Waals surface area (Å²) in [5.41, 5.74) is 4.68. The topological polar surface area (TPSA) is 32.3 Å². The third kappa shape index (κ3) is 2.84. The zero-order chi connectivity index (χ0) is 17.4. The van der Waals surface area contributed by atoms with Crippen molar-refractivity contribution in [1.82, 2.24) is 9.97 Å². The normalized spacial score (nSPS) is 16.0. The summed E-state index contributed by atoms with van der Waals surface area (Å²) in [5, 5.41) is 0. The van der Waals surface area contributed by atoms with E-state index in [0.717, 1.165) is 29.6 Å². The average molecular weight is 330 g/mol. The minimum absolute atomic E-state index is 0.390. The number of aryl methyl sites for hydroxylation is 1. The number of rotatable bonds is 3. The summed E-state index contributed by atoms with van der Waals surface area (Å²) in [6.07, 6.45) is 1.04. The first-order chi connectivity index (χ1) is 12.1. The van der Waals surface area contributed by atoms with Crippen LogP contribution in [0, 0.1) is 6.92 Å². The molecule has 1 unspecified atom stereocenters. The highest BCUT2D eigenvalue weighted by Crippen LogP contribution is 2.38. The Morgan fingerprint density at radius 3 is 2.52 bits per heavy atom. The molecule has 0 radical (unpaired) electrons. The molecule has 3 aromatic rings. The van der Waals surface area contributed by atoms with E-state index >= 15 is 0 Å². The van der Waals surface area contributed by atoms with Crippen LogP contribution in [0.1, 0.15) is 18.2 Å². The van der Waals surface area contributed by atoms with Gasteiger partial charge in [0.2, 0.25) is 5.95 Å². The lowest BCUT2D eigenvalue weighted by atomic mass is 10.1. The van der Waals surface area contributed by atoms with Crippen LogP contribution in [-0.2, 0) is 6.42 Å². The van der Waals surface area contributed by atoms with Gasteiger partial charge in [0.15, 0.2) is 0 Å². The summed E-state index contributed by atoms with van der Waals surface area (Å²) >= 11 is 0. The van der Waals surface area contributed by atoms with Gasteiger partial charge in [0.05, 0.1) is 0 Å². The fraction of sp³-hybridized carbons (Fsp3) is 0.238. The first-order valence-corrected chi connectivity index (χ1v) is 8.65. The summed E-state index contributed by atoms with van der Waals surface area (Å²) in [6.45, 7) is 4.28. The molecule has 1 aliphatic rings. The van der Waals surface area contributed by atoms with Crippen LogP contribution >= 0.6 is 0 Å². The van der Waals surface area contributed by atoms with Crippen LogP contribution in [0.4, 0.5) is 23.1 Å². The summed E-state index contributed by atoms with van der Waals surface area (Å²) < 4.78 is 0. The molecule has 1 atom stereocenters.